The number of aromatic amines is 1. The summed E-state index contributed by atoms with van der Waals surface area (Å²) in [6, 6.07) is 5.93. The molecule has 1 heterocycles. The van der Waals surface area contributed by atoms with Crippen LogP contribution in [0.15, 0.2) is 24.4 Å². The summed E-state index contributed by atoms with van der Waals surface area (Å²) in [4.78, 5) is 3.24. The molecule has 2 aromatic rings. The van der Waals surface area contributed by atoms with Gasteiger partial charge in [0.15, 0.2) is 0 Å². The van der Waals surface area contributed by atoms with Crippen LogP contribution in [-0.4, -0.2) is 24.7 Å². The van der Waals surface area contributed by atoms with Crippen LogP contribution in [0.2, 0.25) is 5.02 Å². The molecule has 0 amide bonds. The molecule has 0 fully saturated rings. The lowest BCUT2D eigenvalue weighted by Gasteiger charge is -2.07. The average molecular weight is 281 g/mol. The van der Waals surface area contributed by atoms with Crippen LogP contribution in [0.1, 0.15) is 19.4 Å². The van der Waals surface area contributed by atoms with Gasteiger partial charge in [-0.15, -0.1) is 0 Å². The van der Waals surface area contributed by atoms with Gasteiger partial charge < -0.3 is 15.0 Å². The minimum absolute atomic E-state index is 0.596. The standard InChI is InChI=1S/C15H21ClN2O/c1-11(2)10-19-6-5-17-8-12-9-18-15-7-13(16)3-4-14(12)15/h3-4,7,9,11,17-18H,5-6,8,10H2,1-2H3. The summed E-state index contributed by atoms with van der Waals surface area (Å²) in [5, 5.41) is 5.37. The van der Waals surface area contributed by atoms with E-state index in [4.69, 9.17) is 16.3 Å². The highest BCUT2D eigenvalue weighted by Gasteiger charge is 2.03. The summed E-state index contributed by atoms with van der Waals surface area (Å²) in [6.07, 6.45) is 2.03. The van der Waals surface area contributed by atoms with Crippen LogP contribution in [0.25, 0.3) is 10.9 Å². The predicted molar refractivity (Wildman–Crippen MR) is 80.7 cm³/mol. The van der Waals surface area contributed by atoms with Gasteiger partial charge in [0.2, 0.25) is 0 Å². The number of rotatable bonds is 7. The molecule has 0 atom stereocenters. The normalized spacial score (nSPS) is 11.6. The topological polar surface area (TPSA) is 37.0 Å². The van der Waals surface area contributed by atoms with Crippen molar-refractivity contribution >= 4 is 22.5 Å². The van der Waals surface area contributed by atoms with E-state index in [2.05, 4.69) is 30.2 Å². The molecule has 0 spiro atoms. The summed E-state index contributed by atoms with van der Waals surface area (Å²) in [5.41, 5.74) is 2.34. The van der Waals surface area contributed by atoms with E-state index in [1.165, 1.54) is 10.9 Å². The monoisotopic (exact) mass is 280 g/mol. The fourth-order valence-electron chi connectivity index (χ4n) is 1.99. The van der Waals surface area contributed by atoms with Gasteiger partial charge in [0.1, 0.15) is 0 Å². The van der Waals surface area contributed by atoms with Crippen LogP contribution >= 0.6 is 11.6 Å². The highest BCUT2D eigenvalue weighted by molar-refractivity contribution is 6.31. The van der Waals surface area contributed by atoms with Crippen molar-refractivity contribution in [1.82, 2.24) is 10.3 Å². The Labute approximate surface area is 119 Å². The average Bonchev–Trinajstić information content (AvgIpc) is 2.75. The van der Waals surface area contributed by atoms with Crippen LogP contribution in [0.5, 0.6) is 0 Å². The second-order valence-electron chi connectivity index (χ2n) is 5.15. The van der Waals surface area contributed by atoms with Crippen molar-refractivity contribution in [2.75, 3.05) is 19.8 Å². The number of hydrogen-bond acceptors (Lipinski definition) is 2. The SMILES string of the molecule is CC(C)COCCNCc1c[nH]c2cc(Cl)ccc12. The van der Waals surface area contributed by atoms with Crippen LogP contribution in [0, 0.1) is 5.92 Å². The summed E-state index contributed by atoms with van der Waals surface area (Å²) >= 11 is 5.96. The Hall–Kier alpha value is -1.03. The number of halogens is 1. The van der Waals surface area contributed by atoms with Crippen LogP contribution in [-0.2, 0) is 11.3 Å². The number of fused-ring (bicyclic) bond motifs is 1. The molecule has 104 valence electrons. The number of benzene rings is 1. The maximum absolute atomic E-state index is 5.96. The molecule has 0 saturated heterocycles. The van der Waals surface area contributed by atoms with Crippen molar-refractivity contribution in [3.8, 4) is 0 Å². The predicted octanol–water partition coefficient (Wildman–Crippen LogP) is 3.58. The molecule has 1 aromatic carbocycles. The van der Waals surface area contributed by atoms with Gasteiger partial charge in [0, 0.05) is 41.8 Å². The highest BCUT2D eigenvalue weighted by atomic mass is 35.5. The summed E-state index contributed by atoms with van der Waals surface area (Å²) in [6.45, 7) is 7.61. The summed E-state index contributed by atoms with van der Waals surface area (Å²) < 4.78 is 5.53. The van der Waals surface area contributed by atoms with E-state index < -0.39 is 0 Å². The Bertz CT molecular complexity index is 522. The lowest BCUT2D eigenvalue weighted by atomic mass is 10.2. The zero-order chi connectivity index (χ0) is 13.7. The molecule has 2 N–H and O–H groups in total. The molecule has 0 unspecified atom stereocenters. The van der Waals surface area contributed by atoms with Crippen molar-refractivity contribution < 1.29 is 4.74 Å². The van der Waals surface area contributed by atoms with Crippen molar-refractivity contribution in [1.29, 1.82) is 0 Å². The van der Waals surface area contributed by atoms with Crippen molar-refractivity contribution in [3.05, 3.63) is 35.0 Å². The number of nitrogens with one attached hydrogen (secondary N) is 2. The van der Waals surface area contributed by atoms with Gasteiger partial charge >= 0.3 is 0 Å². The second-order valence-corrected chi connectivity index (χ2v) is 5.59. The Morgan fingerprint density at radius 2 is 2.21 bits per heavy atom. The lowest BCUT2D eigenvalue weighted by Crippen LogP contribution is -2.20. The zero-order valence-electron chi connectivity index (χ0n) is 11.5. The first-order chi connectivity index (χ1) is 9.16. The minimum Gasteiger partial charge on any atom is -0.380 e. The lowest BCUT2D eigenvalue weighted by molar-refractivity contribution is 0.111. The molecule has 0 saturated carbocycles. The fourth-order valence-corrected chi connectivity index (χ4v) is 2.16. The molecular weight excluding hydrogens is 260 g/mol. The Kier molecular flexibility index (Phi) is 5.25. The molecule has 2 rings (SSSR count). The zero-order valence-corrected chi connectivity index (χ0v) is 12.3. The quantitative estimate of drug-likeness (QED) is 0.761. The summed E-state index contributed by atoms with van der Waals surface area (Å²) in [7, 11) is 0. The molecule has 0 bridgehead atoms. The van der Waals surface area contributed by atoms with E-state index in [0.717, 1.165) is 36.8 Å². The molecule has 19 heavy (non-hydrogen) atoms. The molecule has 0 aliphatic heterocycles. The van der Waals surface area contributed by atoms with E-state index in [1.807, 2.05) is 18.3 Å². The first kappa shape index (κ1) is 14.4. The molecule has 0 aliphatic carbocycles. The summed E-state index contributed by atoms with van der Waals surface area (Å²) in [5.74, 6) is 0.596. The minimum atomic E-state index is 0.596. The number of hydrogen-bond donors (Lipinski definition) is 2. The van der Waals surface area contributed by atoms with E-state index in [9.17, 15) is 0 Å². The molecule has 0 radical (unpaired) electrons. The molecule has 0 aliphatic rings. The maximum atomic E-state index is 5.96. The number of aromatic nitrogens is 1. The van der Waals surface area contributed by atoms with E-state index in [0.29, 0.717) is 5.92 Å². The third-order valence-corrected chi connectivity index (χ3v) is 3.15. The Morgan fingerprint density at radius 1 is 1.37 bits per heavy atom. The highest BCUT2D eigenvalue weighted by Crippen LogP contribution is 2.21. The van der Waals surface area contributed by atoms with Gasteiger partial charge in [-0.2, -0.15) is 0 Å². The third kappa shape index (κ3) is 4.23. The van der Waals surface area contributed by atoms with Crippen LogP contribution < -0.4 is 5.32 Å². The van der Waals surface area contributed by atoms with Gasteiger partial charge in [-0.05, 0) is 23.6 Å². The van der Waals surface area contributed by atoms with Gasteiger partial charge in [0.05, 0.1) is 6.61 Å². The molecule has 4 heteroatoms. The Morgan fingerprint density at radius 3 is 3.00 bits per heavy atom. The van der Waals surface area contributed by atoms with Crippen molar-refractivity contribution in [2.45, 2.75) is 20.4 Å². The number of ether oxygens (including phenoxy) is 1. The van der Waals surface area contributed by atoms with Crippen LogP contribution in [0.3, 0.4) is 0 Å². The van der Waals surface area contributed by atoms with Gasteiger partial charge in [-0.1, -0.05) is 31.5 Å². The van der Waals surface area contributed by atoms with Crippen molar-refractivity contribution in [2.24, 2.45) is 5.92 Å². The van der Waals surface area contributed by atoms with Crippen LogP contribution in [0.4, 0.5) is 0 Å². The van der Waals surface area contributed by atoms with Crippen molar-refractivity contribution in [3.63, 3.8) is 0 Å². The smallest absolute Gasteiger partial charge is 0.0591 e. The van der Waals surface area contributed by atoms with E-state index >= 15 is 0 Å². The fraction of sp³-hybridized carbons (Fsp3) is 0.467. The third-order valence-electron chi connectivity index (χ3n) is 2.92. The van der Waals surface area contributed by atoms with Gasteiger partial charge in [0.25, 0.3) is 0 Å². The first-order valence-corrected chi connectivity index (χ1v) is 7.08. The molecular formula is C15H21ClN2O. The van der Waals surface area contributed by atoms with Gasteiger partial charge in [-0.25, -0.2) is 0 Å². The van der Waals surface area contributed by atoms with Gasteiger partial charge in [-0.3, -0.25) is 0 Å². The molecule has 1 aromatic heterocycles. The van der Waals surface area contributed by atoms with E-state index in [1.54, 1.807) is 0 Å². The van der Waals surface area contributed by atoms with E-state index in [-0.39, 0.29) is 0 Å². The molecule has 3 nitrogen and oxygen atoms in total. The largest absolute Gasteiger partial charge is 0.380 e. The number of H-pyrrole nitrogens is 1. The first-order valence-electron chi connectivity index (χ1n) is 6.71. The maximum Gasteiger partial charge on any atom is 0.0591 e. The second kappa shape index (κ2) is 6.94. The Balaban J connectivity index is 1.79.